The van der Waals surface area contributed by atoms with Crippen molar-refractivity contribution in [2.75, 3.05) is 13.2 Å². The molecule has 1 fully saturated rings. The minimum atomic E-state index is -4.27. The maximum absolute atomic E-state index is 11.9. The highest BCUT2D eigenvalue weighted by atomic mass is 32.2. The van der Waals surface area contributed by atoms with Crippen molar-refractivity contribution in [3.63, 3.8) is 0 Å². The summed E-state index contributed by atoms with van der Waals surface area (Å²) in [4.78, 5) is 11.8. The molecule has 0 N–H and O–H groups in total. The third kappa shape index (κ3) is 21.7. The molecule has 0 radical (unpaired) electrons. The van der Waals surface area contributed by atoms with Crippen LogP contribution in [0.1, 0.15) is 141 Å². The van der Waals surface area contributed by atoms with E-state index in [2.05, 4.69) is 17.0 Å². The largest absolute Gasteiger partial charge is 0.744 e. The molecule has 1 aromatic carbocycles. The molecule has 3 rings (SSSR count). The number of aryl methyl sites for hydroxylation is 2. The molecule has 0 amide bonds. The van der Waals surface area contributed by atoms with Crippen molar-refractivity contribution in [1.82, 2.24) is 0 Å². The number of carbonyl (C=O) groups is 1. The van der Waals surface area contributed by atoms with Crippen LogP contribution in [0.15, 0.2) is 46.2 Å². The monoisotopic (exact) mass is 695 g/mol. The smallest absolute Gasteiger partial charge is 0.306 e. The van der Waals surface area contributed by atoms with E-state index in [4.69, 9.17) is 14.2 Å². The average Bonchev–Trinajstić information content (AvgIpc) is 3.74. The topological polar surface area (TPSA) is 106 Å². The SMILES string of the molecule is CCCCCCCCCCCCCCCCCCC[C@H]1OC[C@H](COC(=O)CCC[n+]2ccsc2)O1.Cc1ccc(S(=O)(=O)[O-])cc1. The van der Waals surface area contributed by atoms with Gasteiger partial charge in [-0.1, -0.05) is 139 Å². The highest BCUT2D eigenvalue weighted by Gasteiger charge is 2.26. The number of aromatic nitrogens is 1. The number of benzene rings is 1. The Morgan fingerprint density at radius 3 is 1.94 bits per heavy atom. The highest BCUT2D eigenvalue weighted by molar-refractivity contribution is 7.85. The van der Waals surface area contributed by atoms with Gasteiger partial charge in [-0.05, 0) is 31.9 Å². The van der Waals surface area contributed by atoms with Gasteiger partial charge in [0.05, 0.1) is 23.3 Å². The fourth-order valence-electron chi connectivity index (χ4n) is 5.54. The first-order chi connectivity index (χ1) is 22.8. The fourth-order valence-corrected chi connectivity index (χ4v) is 6.64. The lowest BCUT2D eigenvalue weighted by atomic mass is 10.0. The average molecular weight is 696 g/mol. The van der Waals surface area contributed by atoms with Gasteiger partial charge in [0.1, 0.15) is 29.4 Å². The molecule has 1 aliphatic heterocycles. The lowest BCUT2D eigenvalue weighted by Gasteiger charge is -2.12. The number of nitrogens with zero attached hydrogens (tertiary/aromatic N) is 1. The maximum Gasteiger partial charge on any atom is 0.306 e. The van der Waals surface area contributed by atoms with E-state index in [9.17, 15) is 17.8 Å². The Balaban J connectivity index is 0.000000587. The summed E-state index contributed by atoms with van der Waals surface area (Å²) in [6, 6.07) is 5.78. The molecule has 0 spiro atoms. The number of ether oxygens (including phenoxy) is 3. The van der Waals surface area contributed by atoms with Crippen LogP contribution < -0.4 is 4.57 Å². The van der Waals surface area contributed by atoms with Crippen LogP contribution in [-0.2, 0) is 35.7 Å². The first-order valence-electron chi connectivity index (χ1n) is 18.1. The molecule has 0 aliphatic carbocycles. The molecule has 0 bridgehead atoms. The van der Waals surface area contributed by atoms with Crippen LogP contribution >= 0.6 is 11.3 Å². The van der Waals surface area contributed by atoms with Gasteiger partial charge in [0.25, 0.3) is 0 Å². The van der Waals surface area contributed by atoms with Crippen LogP contribution in [0.25, 0.3) is 0 Å². The second kappa shape index (κ2) is 26.1. The van der Waals surface area contributed by atoms with E-state index < -0.39 is 10.1 Å². The van der Waals surface area contributed by atoms with Crippen molar-refractivity contribution in [2.45, 2.75) is 166 Å². The molecule has 47 heavy (non-hydrogen) atoms. The first-order valence-corrected chi connectivity index (χ1v) is 20.5. The Morgan fingerprint density at radius 1 is 0.872 bits per heavy atom. The molecule has 1 aromatic heterocycles. The van der Waals surface area contributed by atoms with Gasteiger partial charge < -0.3 is 18.8 Å². The second-order valence-corrected chi connectivity index (χ2v) is 14.9. The quantitative estimate of drug-likeness (QED) is 0.0442. The summed E-state index contributed by atoms with van der Waals surface area (Å²) in [5.74, 6) is -0.147. The minimum absolute atomic E-state index is 0.115. The summed E-state index contributed by atoms with van der Waals surface area (Å²) in [7, 11) is -4.27. The Morgan fingerprint density at radius 2 is 1.43 bits per heavy atom. The molecular weight excluding hydrogens is 635 g/mol. The van der Waals surface area contributed by atoms with Crippen molar-refractivity contribution in [3.8, 4) is 0 Å². The van der Waals surface area contributed by atoms with Gasteiger partial charge in [-0.3, -0.25) is 4.79 Å². The summed E-state index contributed by atoms with van der Waals surface area (Å²) in [5.41, 5.74) is 2.98. The van der Waals surface area contributed by atoms with Gasteiger partial charge in [-0.2, -0.15) is 4.57 Å². The zero-order valence-corrected chi connectivity index (χ0v) is 30.7. The van der Waals surface area contributed by atoms with Gasteiger partial charge in [-0.15, -0.1) is 0 Å². The van der Waals surface area contributed by atoms with Gasteiger partial charge in [0, 0.05) is 6.42 Å². The van der Waals surface area contributed by atoms with Crippen LogP contribution in [0.4, 0.5) is 0 Å². The predicted molar refractivity (Wildman–Crippen MR) is 187 cm³/mol. The van der Waals surface area contributed by atoms with E-state index >= 15 is 0 Å². The predicted octanol–water partition coefficient (Wildman–Crippen LogP) is 9.04. The molecule has 10 heteroatoms. The van der Waals surface area contributed by atoms with Gasteiger partial charge >= 0.3 is 5.97 Å². The zero-order chi connectivity index (χ0) is 34.0. The maximum atomic E-state index is 11.9. The van der Waals surface area contributed by atoms with E-state index in [1.807, 2.05) is 18.5 Å². The number of hydrogen-bond donors (Lipinski definition) is 0. The Kier molecular flexibility index (Phi) is 22.9. The van der Waals surface area contributed by atoms with Crippen LogP contribution in [-0.4, -0.2) is 44.5 Å². The van der Waals surface area contributed by atoms with Gasteiger partial charge in [-0.25, -0.2) is 8.42 Å². The Bertz CT molecular complexity index is 1140. The number of hydrogen-bond acceptors (Lipinski definition) is 8. The number of carbonyl (C=O) groups excluding carboxylic acids is 1. The van der Waals surface area contributed by atoms with Gasteiger partial charge in [0.2, 0.25) is 5.51 Å². The molecule has 2 aromatic rings. The molecule has 0 saturated carbocycles. The third-order valence-electron chi connectivity index (χ3n) is 8.42. The Hall–Kier alpha value is -1.85. The van der Waals surface area contributed by atoms with Crippen molar-refractivity contribution in [2.24, 2.45) is 0 Å². The molecule has 268 valence electrons. The standard InChI is InChI=1S/C30H54NO4S.C7H8O3S/c1-2-3-4-5-6-7-8-9-10-11-12-13-14-15-16-17-18-21-30-34-26-28(35-30)25-33-29(32)20-19-22-31-23-24-36-27-31;1-6-2-4-7(5-3-6)11(8,9)10/h23-24,27-28,30H,2-22,25-26H2,1H3;2-5H,1H3,(H,8,9,10)/q+1;/p-1/t28-,30-;/m0./s1. The first kappa shape index (κ1) is 41.3. The third-order valence-corrected chi connectivity index (χ3v) is 9.94. The van der Waals surface area contributed by atoms with Crippen LogP contribution in [0.2, 0.25) is 0 Å². The molecule has 8 nitrogen and oxygen atoms in total. The van der Waals surface area contributed by atoms with Crippen molar-refractivity contribution in [1.29, 1.82) is 0 Å². The highest BCUT2D eigenvalue weighted by Crippen LogP contribution is 2.19. The number of esters is 1. The summed E-state index contributed by atoms with van der Waals surface area (Å²) in [6.45, 7) is 5.79. The molecule has 2 atom stereocenters. The molecule has 0 unspecified atom stereocenters. The normalized spacial score (nSPS) is 16.1. The number of thiazole rings is 1. The van der Waals surface area contributed by atoms with E-state index in [1.165, 1.54) is 115 Å². The molecular formula is C37H61NO7S2. The van der Waals surface area contributed by atoms with Crippen molar-refractivity contribution < 1.29 is 36.5 Å². The summed E-state index contributed by atoms with van der Waals surface area (Å²) >= 11 is 1.66. The summed E-state index contributed by atoms with van der Waals surface area (Å²) in [6.07, 6.45) is 27.5. The molecule has 2 heterocycles. The fraction of sp³-hybridized carbons (Fsp3) is 0.730. The zero-order valence-electron chi connectivity index (χ0n) is 29.1. The lowest BCUT2D eigenvalue weighted by Crippen LogP contribution is -2.30. The molecule has 1 aliphatic rings. The Labute approximate surface area is 289 Å². The van der Waals surface area contributed by atoms with Crippen LogP contribution in [0.3, 0.4) is 0 Å². The van der Waals surface area contributed by atoms with Gasteiger partial charge in [0.15, 0.2) is 12.5 Å². The minimum Gasteiger partial charge on any atom is -0.744 e. The number of unbranched alkanes of at least 4 members (excludes halogenated alkanes) is 16. The van der Waals surface area contributed by atoms with E-state index in [1.54, 1.807) is 23.5 Å². The second-order valence-electron chi connectivity index (χ2n) is 12.8. The summed E-state index contributed by atoms with van der Waals surface area (Å²) in [5, 5.41) is 2.03. The molecule has 1 saturated heterocycles. The van der Waals surface area contributed by atoms with E-state index in [0.717, 1.165) is 31.4 Å². The van der Waals surface area contributed by atoms with Crippen LogP contribution in [0.5, 0.6) is 0 Å². The van der Waals surface area contributed by atoms with E-state index in [-0.39, 0.29) is 23.3 Å². The number of rotatable bonds is 25. The van der Waals surface area contributed by atoms with Crippen molar-refractivity contribution >= 4 is 27.4 Å². The van der Waals surface area contributed by atoms with E-state index in [0.29, 0.717) is 19.6 Å². The summed E-state index contributed by atoms with van der Waals surface area (Å²) < 4.78 is 50.3. The van der Waals surface area contributed by atoms with Crippen LogP contribution in [0, 0.1) is 6.92 Å². The lowest BCUT2D eigenvalue weighted by molar-refractivity contribution is -0.692. The van der Waals surface area contributed by atoms with Crippen molar-refractivity contribution in [3.05, 3.63) is 46.9 Å².